The number of aromatic nitrogens is 2. The Morgan fingerprint density at radius 1 is 1.44 bits per heavy atom. The minimum atomic E-state index is -0.826. The van der Waals surface area contributed by atoms with Gasteiger partial charge < -0.3 is 14.9 Å². The number of aliphatic hydroxyl groups is 1. The monoisotopic (exact) mass is 253 g/mol. The third-order valence-electron chi connectivity index (χ3n) is 3.28. The van der Waals surface area contributed by atoms with Crippen LogP contribution in [0, 0.1) is 6.92 Å². The first-order chi connectivity index (χ1) is 8.57. The lowest BCUT2D eigenvalue weighted by molar-refractivity contribution is -0.127. The molecule has 2 rings (SSSR count). The van der Waals surface area contributed by atoms with Gasteiger partial charge >= 0.3 is 0 Å². The number of nitrogens with zero attached hydrogens (tertiary/aromatic N) is 2. The lowest BCUT2D eigenvalue weighted by atomic mass is 9.82. The summed E-state index contributed by atoms with van der Waals surface area (Å²) in [5, 5.41) is 16.6. The van der Waals surface area contributed by atoms with E-state index >= 15 is 0 Å². The molecule has 0 spiro atoms. The molecule has 0 aromatic carbocycles. The van der Waals surface area contributed by atoms with Crippen LogP contribution < -0.4 is 5.32 Å². The summed E-state index contributed by atoms with van der Waals surface area (Å²) in [6.45, 7) is 1.94. The second-order valence-corrected chi connectivity index (χ2v) is 4.97. The third-order valence-corrected chi connectivity index (χ3v) is 3.28. The Bertz CT molecular complexity index is 410. The number of aryl methyl sites for hydroxylation is 1. The summed E-state index contributed by atoms with van der Waals surface area (Å²) >= 11 is 0. The molecular weight excluding hydrogens is 234 g/mol. The number of rotatable bonds is 4. The van der Waals surface area contributed by atoms with E-state index in [1.54, 1.807) is 6.92 Å². The fourth-order valence-corrected chi connectivity index (χ4v) is 2.33. The number of carbonyl (C=O) groups is 1. The molecular formula is C12H19N3O3. The SMILES string of the molecule is Cc1noc(CNC(=O)CC2(O)CCCCC2)n1. The van der Waals surface area contributed by atoms with Crippen LogP contribution in [-0.2, 0) is 11.3 Å². The predicted molar refractivity (Wildman–Crippen MR) is 63.5 cm³/mol. The topological polar surface area (TPSA) is 88.2 Å². The fraction of sp³-hybridized carbons (Fsp3) is 0.750. The number of carbonyl (C=O) groups excluding carboxylic acids is 1. The summed E-state index contributed by atoms with van der Waals surface area (Å²) in [7, 11) is 0. The van der Waals surface area contributed by atoms with Crippen LogP contribution in [0.5, 0.6) is 0 Å². The van der Waals surface area contributed by atoms with Crippen LogP contribution in [0.15, 0.2) is 4.52 Å². The molecule has 0 saturated heterocycles. The highest BCUT2D eigenvalue weighted by Gasteiger charge is 2.31. The molecule has 0 radical (unpaired) electrons. The molecule has 18 heavy (non-hydrogen) atoms. The van der Waals surface area contributed by atoms with E-state index in [1.807, 2.05) is 0 Å². The van der Waals surface area contributed by atoms with Crippen molar-refractivity contribution in [2.75, 3.05) is 0 Å². The smallest absolute Gasteiger partial charge is 0.246 e. The second-order valence-electron chi connectivity index (χ2n) is 4.97. The number of nitrogens with one attached hydrogen (secondary N) is 1. The molecule has 1 aliphatic carbocycles. The van der Waals surface area contributed by atoms with Crippen molar-refractivity contribution in [1.82, 2.24) is 15.5 Å². The van der Waals surface area contributed by atoms with E-state index in [0.29, 0.717) is 24.6 Å². The highest BCUT2D eigenvalue weighted by Crippen LogP contribution is 2.30. The molecule has 1 aromatic rings. The number of hydrogen-bond donors (Lipinski definition) is 2. The summed E-state index contributed by atoms with van der Waals surface area (Å²) in [4.78, 5) is 15.7. The van der Waals surface area contributed by atoms with Gasteiger partial charge in [0, 0.05) is 0 Å². The molecule has 1 aliphatic rings. The zero-order valence-corrected chi connectivity index (χ0v) is 10.6. The van der Waals surface area contributed by atoms with Gasteiger partial charge in [0.15, 0.2) is 5.82 Å². The molecule has 1 heterocycles. The van der Waals surface area contributed by atoms with E-state index in [4.69, 9.17) is 4.52 Å². The van der Waals surface area contributed by atoms with Crippen LogP contribution in [0.4, 0.5) is 0 Å². The standard InChI is InChI=1S/C12H19N3O3/c1-9-14-11(18-15-9)8-13-10(16)7-12(17)5-3-2-4-6-12/h17H,2-8H2,1H3,(H,13,16). The van der Waals surface area contributed by atoms with Crippen LogP contribution in [0.3, 0.4) is 0 Å². The van der Waals surface area contributed by atoms with E-state index in [1.165, 1.54) is 0 Å². The average molecular weight is 253 g/mol. The lowest BCUT2D eigenvalue weighted by Crippen LogP contribution is -2.38. The maximum Gasteiger partial charge on any atom is 0.246 e. The van der Waals surface area contributed by atoms with E-state index in [9.17, 15) is 9.90 Å². The molecule has 0 bridgehead atoms. The van der Waals surface area contributed by atoms with Crippen molar-refractivity contribution < 1.29 is 14.4 Å². The second kappa shape index (κ2) is 5.48. The summed E-state index contributed by atoms with van der Waals surface area (Å²) in [6.07, 6.45) is 4.70. The van der Waals surface area contributed by atoms with Crippen molar-refractivity contribution in [3.05, 3.63) is 11.7 Å². The Balaban J connectivity index is 1.78. The largest absolute Gasteiger partial charge is 0.389 e. The molecule has 1 saturated carbocycles. The first-order valence-corrected chi connectivity index (χ1v) is 6.36. The van der Waals surface area contributed by atoms with Gasteiger partial charge in [0.25, 0.3) is 0 Å². The van der Waals surface area contributed by atoms with Gasteiger partial charge in [0.05, 0.1) is 18.6 Å². The summed E-state index contributed by atoms with van der Waals surface area (Å²) in [5.41, 5.74) is -0.826. The molecule has 0 atom stereocenters. The Labute approximate surface area is 106 Å². The highest BCUT2D eigenvalue weighted by atomic mass is 16.5. The first-order valence-electron chi connectivity index (χ1n) is 6.36. The third kappa shape index (κ3) is 3.53. The zero-order valence-electron chi connectivity index (χ0n) is 10.6. The Morgan fingerprint density at radius 2 is 2.17 bits per heavy atom. The van der Waals surface area contributed by atoms with E-state index < -0.39 is 5.60 Å². The van der Waals surface area contributed by atoms with Crippen LogP contribution in [0.25, 0.3) is 0 Å². The summed E-state index contributed by atoms with van der Waals surface area (Å²) < 4.78 is 4.89. The molecule has 6 nitrogen and oxygen atoms in total. The number of amides is 1. The first kappa shape index (κ1) is 13.0. The molecule has 2 N–H and O–H groups in total. The van der Waals surface area contributed by atoms with Gasteiger partial charge in [-0.3, -0.25) is 4.79 Å². The predicted octanol–water partition coefficient (Wildman–Crippen LogP) is 1.08. The van der Waals surface area contributed by atoms with Gasteiger partial charge in [0.2, 0.25) is 11.8 Å². The summed E-state index contributed by atoms with van der Waals surface area (Å²) in [5.74, 6) is 0.761. The minimum absolute atomic E-state index is 0.153. The number of hydrogen-bond acceptors (Lipinski definition) is 5. The molecule has 6 heteroatoms. The molecule has 100 valence electrons. The van der Waals surface area contributed by atoms with Gasteiger partial charge in [-0.05, 0) is 19.8 Å². The molecule has 1 aromatic heterocycles. The van der Waals surface area contributed by atoms with Gasteiger partial charge in [-0.25, -0.2) is 0 Å². The normalized spacial score (nSPS) is 18.6. The lowest BCUT2D eigenvalue weighted by Gasteiger charge is -2.31. The maximum absolute atomic E-state index is 11.7. The Morgan fingerprint density at radius 3 is 2.78 bits per heavy atom. The summed E-state index contributed by atoms with van der Waals surface area (Å²) in [6, 6.07) is 0. The molecule has 0 aliphatic heterocycles. The maximum atomic E-state index is 11.7. The van der Waals surface area contributed by atoms with Gasteiger partial charge in [-0.2, -0.15) is 4.98 Å². The van der Waals surface area contributed by atoms with Crippen molar-refractivity contribution >= 4 is 5.91 Å². The highest BCUT2D eigenvalue weighted by molar-refractivity contribution is 5.76. The van der Waals surface area contributed by atoms with Gasteiger partial charge in [-0.1, -0.05) is 24.4 Å². The molecule has 1 amide bonds. The molecule has 1 fully saturated rings. The Hall–Kier alpha value is -1.43. The minimum Gasteiger partial charge on any atom is -0.389 e. The van der Waals surface area contributed by atoms with Crippen LogP contribution in [0.2, 0.25) is 0 Å². The average Bonchev–Trinajstić information content (AvgIpc) is 2.73. The van der Waals surface area contributed by atoms with Crippen LogP contribution in [-0.4, -0.2) is 26.8 Å². The van der Waals surface area contributed by atoms with Gasteiger partial charge in [0.1, 0.15) is 0 Å². The zero-order chi connectivity index (χ0) is 13.0. The Kier molecular flexibility index (Phi) is 3.96. The quantitative estimate of drug-likeness (QED) is 0.838. The van der Waals surface area contributed by atoms with Crippen LogP contribution in [0.1, 0.15) is 50.2 Å². The molecule has 0 unspecified atom stereocenters. The van der Waals surface area contributed by atoms with Crippen LogP contribution >= 0.6 is 0 Å². The van der Waals surface area contributed by atoms with Crippen molar-refractivity contribution in [3.8, 4) is 0 Å². The van der Waals surface area contributed by atoms with E-state index in [0.717, 1.165) is 19.3 Å². The van der Waals surface area contributed by atoms with E-state index in [-0.39, 0.29) is 18.9 Å². The van der Waals surface area contributed by atoms with Crippen molar-refractivity contribution in [2.24, 2.45) is 0 Å². The van der Waals surface area contributed by atoms with E-state index in [2.05, 4.69) is 15.5 Å². The van der Waals surface area contributed by atoms with Gasteiger partial charge in [-0.15, -0.1) is 0 Å². The van der Waals surface area contributed by atoms with Crippen molar-refractivity contribution in [1.29, 1.82) is 0 Å². The van der Waals surface area contributed by atoms with Crippen molar-refractivity contribution in [2.45, 2.75) is 57.6 Å². The van der Waals surface area contributed by atoms with Crippen molar-refractivity contribution in [3.63, 3.8) is 0 Å². The fourth-order valence-electron chi connectivity index (χ4n) is 2.33.